The van der Waals surface area contributed by atoms with Crippen molar-refractivity contribution >= 4 is 16.9 Å². The minimum atomic E-state index is -1.13. The molecule has 4 rings (SSSR count). The maximum Gasteiger partial charge on any atom is 0.356 e. The van der Waals surface area contributed by atoms with Crippen LogP contribution in [0.3, 0.4) is 0 Å². The molecule has 2 aromatic heterocycles. The van der Waals surface area contributed by atoms with Crippen LogP contribution in [0.25, 0.3) is 10.9 Å². The largest absolute Gasteiger partial charge is 0.496 e. The normalized spacial score (nSPS) is 16.0. The lowest BCUT2D eigenvalue weighted by Crippen LogP contribution is -2.31. The van der Waals surface area contributed by atoms with Crippen LogP contribution in [0.4, 0.5) is 0 Å². The highest BCUT2D eigenvalue weighted by Crippen LogP contribution is 2.35. The fourth-order valence-corrected chi connectivity index (χ4v) is 4.62. The van der Waals surface area contributed by atoms with Gasteiger partial charge in [0.15, 0.2) is 5.69 Å². The molecule has 9 heteroatoms. The third-order valence-corrected chi connectivity index (χ3v) is 6.37. The first-order chi connectivity index (χ1) is 16.3. The highest BCUT2D eigenvalue weighted by atomic mass is 16.5. The molecule has 2 atom stereocenters. The number of ether oxygens (including phenoxy) is 3. The standard InChI is InChI=1S/C25H31N3O6/c1-14-9-17-12-28(27-22(17)23(26-14)25(30)31)13-21(34-18-7-5-6-8-18)24(29)16-10-19(32-3)15(2)20(11-16)33-4/h9-12,18,21,24,29H,5-8,13H2,1-4H3,(H,30,31)/t21-,24+/m0/s1. The lowest BCUT2D eigenvalue weighted by Gasteiger charge is -2.27. The number of aliphatic hydroxyl groups is 1. The van der Waals surface area contributed by atoms with Crippen LogP contribution in [-0.2, 0) is 11.3 Å². The number of carbonyl (C=O) groups is 1. The number of benzene rings is 1. The van der Waals surface area contributed by atoms with Crippen molar-refractivity contribution in [1.29, 1.82) is 0 Å². The van der Waals surface area contributed by atoms with Gasteiger partial charge in [-0.15, -0.1) is 0 Å². The summed E-state index contributed by atoms with van der Waals surface area (Å²) in [4.78, 5) is 15.8. The Morgan fingerprint density at radius 1 is 1.15 bits per heavy atom. The Kier molecular flexibility index (Phi) is 7.04. The van der Waals surface area contributed by atoms with Crippen molar-refractivity contribution in [3.8, 4) is 11.5 Å². The van der Waals surface area contributed by atoms with Crippen LogP contribution >= 0.6 is 0 Å². The van der Waals surface area contributed by atoms with Crippen LogP contribution < -0.4 is 9.47 Å². The Morgan fingerprint density at radius 3 is 2.38 bits per heavy atom. The summed E-state index contributed by atoms with van der Waals surface area (Å²) in [5.74, 6) is 0.104. The van der Waals surface area contributed by atoms with Gasteiger partial charge in [-0.1, -0.05) is 12.8 Å². The van der Waals surface area contributed by atoms with Crippen LogP contribution in [0.5, 0.6) is 11.5 Å². The SMILES string of the molecule is COc1cc([C@@H](O)[C@H](Cn2cc3cc(C)nc(C(=O)O)c3n2)OC2CCCC2)cc(OC)c1C. The predicted octanol–water partition coefficient (Wildman–Crippen LogP) is 3.82. The molecule has 0 saturated heterocycles. The first-order valence-corrected chi connectivity index (χ1v) is 11.4. The number of methoxy groups -OCH3 is 2. The number of fused-ring (bicyclic) bond motifs is 1. The fourth-order valence-electron chi connectivity index (χ4n) is 4.62. The molecule has 34 heavy (non-hydrogen) atoms. The number of rotatable bonds is 9. The number of aromatic nitrogens is 3. The van der Waals surface area contributed by atoms with Gasteiger partial charge in [0.05, 0.1) is 26.9 Å². The van der Waals surface area contributed by atoms with Crippen molar-refractivity contribution < 1.29 is 29.2 Å². The van der Waals surface area contributed by atoms with Crippen molar-refractivity contribution in [3.05, 3.63) is 46.9 Å². The number of pyridine rings is 1. The maximum absolute atomic E-state index is 11.7. The van der Waals surface area contributed by atoms with Gasteiger partial charge in [-0.05, 0) is 50.5 Å². The van der Waals surface area contributed by atoms with Crippen molar-refractivity contribution in [3.63, 3.8) is 0 Å². The molecular weight excluding hydrogens is 438 g/mol. The number of carboxylic acid groups (broad SMARTS) is 1. The summed E-state index contributed by atoms with van der Waals surface area (Å²) in [6.07, 6.45) is 4.30. The van der Waals surface area contributed by atoms with E-state index in [1.54, 1.807) is 50.2 Å². The zero-order valence-corrected chi connectivity index (χ0v) is 19.9. The van der Waals surface area contributed by atoms with Crippen molar-refractivity contribution in [1.82, 2.24) is 14.8 Å². The quantitative estimate of drug-likeness (QED) is 0.486. The van der Waals surface area contributed by atoms with Gasteiger partial charge in [0.25, 0.3) is 0 Å². The van der Waals surface area contributed by atoms with Gasteiger partial charge in [-0.25, -0.2) is 9.78 Å². The number of nitrogens with zero attached hydrogens (tertiary/aromatic N) is 3. The van der Waals surface area contributed by atoms with Crippen LogP contribution in [0.15, 0.2) is 24.4 Å². The van der Waals surface area contributed by atoms with Crippen LogP contribution in [0, 0.1) is 13.8 Å². The Labute approximate surface area is 198 Å². The lowest BCUT2D eigenvalue weighted by atomic mass is 10.0. The van der Waals surface area contributed by atoms with Gasteiger partial charge >= 0.3 is 5.97 Å². The Morgan fingerprint density at radius 2 is 1.79 bits per heavy atom. The second-order valence-electron chi connectivity index (χ2n) is 8.78. The molecule has 1 saturated carbocycles. The van der Waals surface area contributed by atoms with Crippen LogP contribution in [-0.4, -0.2) is 57.4 Å². The van der Waals surface area contributed by atoms with Gasteiger partial charge in [0, 0.05) is 22.8 Å². The fraction of sp³-hybridized carbons (Fsp3) is 0.480. The molecule has 1 aliphatic carbocycles. The highest BCUT2D eigenvalue weighted by Gasteiger charge is 2.29. The number of carboxylic acids is 1. The number of hydrogen-bond acceptors (Lipinski definition) is 7. The summed E-state index contributed by atoms with van der Waals surface area (Å²) in [7, 11) is 3.16. The monoisotopic (exact) mass is 469 g/mol. The van der Waals surface area contributed by atoms with Gasteiger partial charge < -0.3 is 24.4 Å². The predicted molar refractivity (Wildman–Crippen MR) is 126 cm³/mol. The van der Waals surface area contributed by atoms with E-state index in [2.05, 4.69) is 10.1 Å². The molecule has 1 fully saturated rings. The van der Waals surface area contributed by atoms with E-state index in [1.807, 2.05) is 6.92 Å². The molecule has 0 unspecified atom stereocenters. The average Bonchev–Trinajstić information content (AvgIpc) is 3.47. The van der Waals surface area contributed by atoms with E-state index >= 15 is 0 Å². The zero-order chi connectivity index (χ0) is 24.4. The number of hydrogen-bond donors (Lipinski definition) is 2. The van der Waals surface area contributed by atoms with E-state index in [-0.39, 0.29) is 18.3 Å². The minimum absolute atomic E-state index is 0.0531. The van der Waals surface area contributed by atoms with E-state index in [0.29, 0.717) is 33.7 Å². The van der Waals surface area contributed by atoms with E-state index in [1.165, 1.54) is 0 Å². The highest BCUT2D eigenvalue weighted by molar-refractivity contribution is 5.99. The topological polar surface area (TPSA) is 116 Å². The van der Waals surface area contributed by atoms with E-state index < -0.39 is 18.2 Å². The summed E-state index contributed by atoms with van der Waals surface area (Å²) in [5, 5.41) is 26.1. The summed E-state index contributed by atoms with van der Waals surface area (Å²) < 4.78 is 19.0. The number of aryl methyl sites for hydroxylation is 1. The molecule has 1 aromatic carbocycles. The summed E-state index contributed by atoms with van der Waals surface area (Å²) >= 11 is 0. The molecule has 0 aliphatic heterocycles. The smallest absolute Gasteiger partial charge is 0.356 e. The second kappa shape index (κ2) is 9.99. The molecule has 1 aliphatic rings. The zero-order valence-electron chi connectivity index (χ0n) is 19.9. The van der Waals surface area contributed by atoms with E-state index in [0.717, 1.165) is 31.2 Å². The summed E-state index contributed by atoms with van der Waals surface area (Å²) in [6, 6.07) is 5.39. The second-order valence-corrected chi connectivity index (χ2v) is 8.78. The van der Waals surface area contributed by atoms with Gasteiger partial charge in [0.1, 0.15) is 29.2 Å². The summed E-state index contributed by atoms with van der Waals surface area (Å²) in [6.45, 7) is 3.88. The molecule has 3 aromatic rings. The molecule has 2 heterocycles. The molecule has 2 N–H and O–H groups in total. The average molecular weight is 470 g/mol. The van der Waals surface area contributed by atoms with Gasteiger partial charge in [0.2, 0.25) is 0 Å². The molecule has 0 radical (unpaired) electrons. The Balaban J connectivity index is 1.69. The first-order valence-electron chi connectivity index (χ1n) is 11.4. The molecule has 9 nitrogen and oxygen atoms in total. The number of aromatic carboxylic acids is 1. The van der Waals surface area contributed by atoms with E-state index in [4.69, 9.17) is 14.2 Å². The third kappa shape index (κ3) is 4.85. The lowest BCUT2D eigenvalue weighted by molar-refractivity contribution is -0.0845. The molecule has 0 amide bonds. The molecule has 0 spiro atoms. The Bertz CT molecular complexity index is 1160. The Hall–Kier alpha value is -3.17. The minimum Gasteiger partial charge on any atom is -0.496 e. The molecule has 0 bridgehead atoms. The molecular formula is C25H31N3O6. The van der Waals surface area contributed by atoms with Crippen molar-refractivity contribution in [2.24, 2.45) is 0 Å². The summed E-state index contributed by atoms with van der Waals surface area (Å²) in [5.41, 5.74) is 2.28. The van der Waals surface area contributed by atoms with Gasteiger partial charge in [-0.3, -0.25) is 4.68 Å². The van der Waals surface area contributed by atoms with Crippen LogP contribution in [0.2, 0.25) is 0 Å². The van der Waals surface area contributed by atoms with Gasteiger partial charge in [-0.2, -0.15) is 5.10 Å². The van der Waals surface area contributed by atoms with Crippen molar-refractivity contribution in [2.75, 3.05) is 14.2 Å². The van der Waals surface area contributed by atoms with E-state index in [9.17, 15) is 15.0 Å². The molecule has 182 valence electrons. The maximum atomic E-state index is 11.7. The van der Waals surface area contributed by atoms with Crippen LogP contribution in [0.1, 0.15) is 59.1 Å². The number of aliphatic hydroxyl groups excluding tert-OH is 1. The first kappa shape index (κ1) is 24.0. The van der Waals surface area contributed by atoms with Crippen molar-refractivity contribution in [2.45, 2.75) is 64.4 Å². The third-order valence-electron chi connectivity index (χ3n) is 6.37.